The van der Waals surface area contributed by atoms with Crippen molar-refractivity contribution in [3.05, 3.63) is 50.5 Å². The quantitative estimate of drug-likeness (QED) is 0.255. The van der Waals surface area contributed by atoms with Gasteiger partial charge in [-0.3, -0.25) is 4.68 Å². The van der Waals surface area contributed by atoms with E-state index in [0.29, 0.717) is 47.6 Å². The van der Waals surface area contributed by atoms with Crippen LogP contribution >= 0.6 is 11.6 Å². The van der Waals surface area contributed by atoms with Crippen molar-refractivity contribution >= 4 is 34.6 Å². The van der Waals surface area contributed by atoms with E-state index in [9.17, 15) is 0 Å². The van der Waals surface area contributed by atoms with Crippen LogP contribution in [-0.2, 0) is 6.42 Å². The second kappa shape index (κ2) is 8.10. The molecule has 30 heavy (non-hydrogen) atoms. The van der Waals surface area contributed by atoms with Gasteiger partial charge in [-0.05, 0) is 37.3 Å². The molecule has 0 aliphatic heterocycles. The fourth-order valence-corrected chi connectivity index (χ4v) is 3.79. The summed E-state index contributed by atoms with van der Waals surface area (Å²) in [7, 11) is 0. The van der Waals surface area contributed by atoms with E-state index in [4.69, 9.17) is 29.4 Å². The number of aromatic nitrogens is 5. The van der Waals surface area contributed by atoms with E-state index in [1.165, 1.54) is 4.52 Å². The van der Waals surface area contributed by atoms with Crippen molar-refractivity contribution in [2.45, 2.75) is 32.2 Å². The molecule has 2 atom stereocenters. The molecule has 3 aromatic heterocycles. The van der Waals surface area contributed by atoms with Crippen molar-refractivity contribution in [1.29, 1.82) is 0 Å². The first-order valence-corrected chi connectivity index (χ1v) is 9.91. The highest BCUT2D eigenvalue weighted by Gasteiger charge is 2.32. The van der Waals surface area contributed by atoms with E-state index < -0.39 is 0 Å². The smallest absolute Gasteiger partial charge is 0.268 e. The van der Waals surface area contributed by atoms with E-state index in [2.05, 4.69) is 35.4 Å². The molecule has 0 bridgehead atoms. The lowest BCUT2D eigenvalue weighted by Gasteiger charge is -2.35. The molecule has 154 valence electrons. The number of halogens is 1. The molecule has 11 nitrogen and oxygen atoms in total. The maximum atomic E-state index is 8.50. The second-order valence-electron chi connectivity index (χ2n) is 7.22. The van der Waals surface area contributed by atoms with E-state index in [0.717, 1.165) is 18.5 Å². The molecule has 0 radical (unpaired) electrons. The lowest BCUT2D eigenvalue weighted by Crippen LogP contribution is -2.31. The van der Waals surface area contributed by atoms with E-state index in [-0.39, 0.29) is 17.5 Å². The standard InChI is InChI=1S/C18H20ClN11/c1-10-14(19)18-25-17(15(22-2)16(20)30(18)26-10)23-7-5-12-6-8-29(27-12)13-4-3-11(13)9-24-28-21/h6,8,11,13H,3-5,7,9,20H2,1H3,(H,23,25). The van der Waals surface area contributed by atoms with Crippen LogP contribution in [0.3, 0.4) is 0 Å². The van der Waals surface area contributed by atoms with Gasteiger partial charge in [-0.15, -0.1) is 0 Å². The molecule has 1 fully saturated rings. The van der Waals surface area contributed by atoms with Gasteiger partial charge in [0.2, 0.25) is 0 Å². The Balaban J connectivity index is 1.44. The summed E-state index contributed by atoms with van der Waals surface area (Å²) < 4.78 is 3.35. The summed E-state index contributed by atoms with van der Waals surface area (Å²) in [5.74, 6) is 0.924. The molecule has 1 aliphatic carbocycles. The number of aryl methyl sites for hydroxylation is 1. The van der Waals surface area contributed by atoms with E-state index in [1.54, 1.807) is 6.92 Å². The minimum Gasteiger partial charge on any atom is -0.392 e. The molecular formula is C18H20ClN11. The number of nitrogens with zero attached hydrogens (tertiary/aromatic N) is 9. The highest BCUT2D eigenvalue weighted by atomic mass is 35.5. The van der Waals surface area contributed by atoms with Gasteiger partial charge in [0.25, 0.3) is 5.69 Å². The molecule has 0 spiro atoms. The van der Waals surface area contributed by atoms with Gasteiger partial charge in [0, 0.05) is 30.6 Å². The Labute approximate surface area is 177 Å². The number of nitrogen functional groups attached to an aromatic ring is 1. The summed E-state index contributed by atoms with van der Waals surface area (Å²) >= 11 is 6.26. The Morgan fingerprint density at radius 2 is 2.27 bits per heavy atom. The summed E-state index contributed by atoms with van der Waals surface area (Å²) in [4.78, 5) is 10.8. The minimum absolute atomic E-state index is 0.202. The fourth-order valence-electron chi connectivity index (χ4n) is 3.63. The van der Waals surface area contributed by atoms with E-state index in [1.807, 2.05) is 16.9 Å². The number of hydrogen-bond acceptors (Lipinski definition) is 6. The van der Waals surface area contributed by atoms with Gasteiger partial charge in [-0.1, -0.05) is 16.7 Å². The second-order valence-corrected chi connectivity index (χ2v) is 7.60. The first-order valence-electron chi connectivity index (χ1n) is 9.54. The Kier molecular flexibility index (Phi) is 5.35. The van der Waals surface area contributed by atoms with Crippen LogP contribution < -0.4 is 11.1 Å². The lowest BCUT2D eigenvalue weighted by atomic mass is 9.80. The number of hydrogen-bond donors (Lipinski definition) is 2. The topological polar surface area (TPSA) is 139 Å². The third-order valence-corrected chi connectivity index (χ3v) is 5.87. The van der Waals surface area contributed by atoms with Crippen molar-refractivity contribution in [1.82, 2.24) is 24.4 Å². The molecule has 0 aromatic carbocycles. The van der Waals surface area contributed by atoms with Crippen molar-refractivity contribution in [2.75, 3.05) is 24.1 Å². The molecule has 2 unspecified atom stereocenters. The van der Waals surface area contributed by atoms with Gasteiger partial charge in [0.15, 0.2) is 5.65 Å². The van der Waals surface area contributed by atoms with Crippen LogP contribution in [0.15, 0.2) is 17.4 Å². The minimum atomic E-state index is 0.202. The third kappa shape index (κ3) is 3.47. The number of fused-ring (bicyclic) bond motifs is 1. The zero-order valence-electron chi connectivity index (χ0n) is 16.3. The summed E-state index contributed by atoms with van der Waals surface area (Å²) in [5, 5.41) is 16.2. The highest BCUT2D eigenvalue weighted by molar-refractivity contribution is 6.34. The molecule has 0 saturated heterocycles. The number of nitrogens with one attached hydrogen (secondary N) is 1. The van der Waals surface area contributed by atoms with Gasteiger partial charge < -0.3 is 11.1 Å². The zero-order valence-corrected chi connectivity index (χ0v) is 17.1. The molecule has 12 heteroatoms. The fraction of sp³-hybridized carbons (Fsp3) is 0.444. The maximum absolute atomic E-state index is 8.50. The van der Waals surface area contributed by atoms with Crippen LogP contribution in [0.5, 0.6) is 0 Å². The zero-order chi connectivity index (χ0) is 21.3. The van der Waals surface area contributed by atoms with Gasteiger partial charge in [0.05, 0.1) is 24.0 Å². The molecule has 3 heterocycles. The number of nitrogens with two attached hydrogens (primary N) is 1. The number of rotatable bonds is 7. The average molecular weight is 426 g/mol. The van der Waals surface area contributed by atoms with E-state index >= 15 is 0 Å². The summed E-state index contributed by atoms with van der Waals surface area (Å²) in [6.45, 7) is 10.2. The molecule has 1 aliphatic rings. The highest BCUT2D eigenvalue weighted by Crippen LogP contribution is 2.38. The van der Waals surface area contributed by atoms with Gasteiger partial charge in [-0.2, -0.15) is 10.2 Å². The maximum Gasteiger partial charge on any atom is 0.268 e. The number of anilines is 2. The van der Waals surface area contributed by atoms with Crippen LogP contribution in [0.25, 0.3) is 20.9 Å². The third-order valence-electron chi connectivity index (χ3n) is 5.42. The SMILES string of the molecule is [C-]#[N+]c1c(NCCc2ccn(C3CCC3CN=[N+]=[N-])n2)nc2c(Cl)c(C)nn2c1N. The first kappa shape index (κ1) is 19.8. The predicted molar refractivity (Wildman–Crippen MR) is 114 cm³/mol. The molecule has 3 N–H and O–H groups in total. The largest absolute Gasteiger partial charge is 0.392 e. The summed E-state index contributed by atoms with van der Waals surface area (Å²) in [5.41, 5.74) is 16.8. The van der Waals surface area contributed by atoms with Crippen molar-refractivity contribution < 1.29 is 0 Å². The number of azide groups is 1. The average Bonchev–Trinajstić information content (AvgIpc) is 3.27. The lowest BCUT2D eigenvalue weighted by molar-refractivity contribution is 0.173. The van der Waals surface area contributed by atoms with Gasteiger partial charge in [0.1, 0.15) is 16.7 Å². The Morgan fingerprint density at radius 3 is 2.97 bits per heavy atom. The van der Waals surface area contributed by atoms with Gasteiger partial charge in [-0.25, -0.2) is 14.3 Å². The molecular weight excluding hydrogens is 406 g/mol. The van der Waals surface area contributed by atoms with Crippen molar-refractivity contribution in [3.8, 4) is 0 Å². The van der Waals surface area contributed by atoms with Crippen LogP contribution in [-0.4, -0.2) is 37.5 Å². The Bertz CT molecular complexity index is 1180. The predicted octanol–water partition coefficient (Wildman–Crippen LogP) is 3.94. The van der Waals surface area contributed by atoms with Crippen LogP contribution in [0.1, 0.15) is 30.3 Å². The van der Waals surface area contributed by atoms with Crippen LogP contribution in [0.4, 0.5) is 17.3 Å². The van der Waals surface area contributed by atoms with Crippen LogP contribution in [0.2, 0.25) is 5.02 Å². The Morgan fingerprint density at radius 1 is 1.43 bits per heavy atom. The van der Waals surface area contributed by atoms with Crippen molar-refractivity contribution in [2.24, 2.45) is 11.0 Å². The van der Waals surface area contributed by atoms with Gasteiger partial charge >= 0.3 is 0 Å². The summed E-state index contributed by atoms with van der Waals surface area (Å²) in [6.07, 6.45) is 4.70. The molecule has 0 amide bonds. The van der Waals surface area contributed by atoms with Crippen molar-refractivity contribution in [3.63, 3.8) is 0 Å². The molecule has 4 rings (SSSR count). The summed E-state index contributed by atoms with van der Waals surface area (Å²) in [6, 6.07) is 2.25. The normalized spacial score (nSPS) is 17.9. The molecule has 3 aromatic rings. The monoisotopic (exact) mass is 425 g/mol. The first-order chi connectivity index (χ1) is 14.5. The van der Waals surface area contributed by atoms with Crippen LogP contribution in [0, 0.1) is 19.4 Å². The Hall–Kier alpha value is -3.48. The molecule has 1 saturated carbocycles.